The van der Waals surface area contributed by atoms with Crippen molar-refractivity contribution < 1.29 is 9.59 Å². The standard InChI is InChI=1S/C16H18N2O2S/c1-11-3-5-13(6-4-11)15(19)7-8-16(20)17-9-14-10-21-12(2)18-14/h3-6,10H,7-9H2,1-2H3,(H,17,20). The molecule has 0 fully saturated rings. The molecule has 21 heavy (non-hydrogen) atoms. The van der Waals surface area contributed by atoms with E-state index in [0.29, 0.717) is 12.1 Å². The van der Waals surface area contributed by atoms with Crippen LogP contribution in [0.1, 0.15) is 39.5 Å². The fraction of sp³-hybridized carbons (Fsp3) is 0.312. The van der Waals surface area contributed by atoms with Gasteiger partial charge < -0.3 is 5.32 Å². The van der Waals surface area contributed by atoms with Gasteiger partial charge in [0, 0.05) is 23.8 Å². The van der Waals surface area contributed by atoms with Crippen LogP contribution in [0.15, 0.2) is 29.6 Å². The van der Waals surface area contributed by atoms with Crippen molar-refractivity contribution in [3.05, 3.63) is 51.5 Å². The van der Waals surface area contributed by atoms with Crippen LogP contribution in [-0.2, 0) is 11.3 Å². The molecule has 0 aliphatic rings. The maximum absolute atomic E-state index is 11.9. The number of carbonyl (C=O) groups excluding carboxylic acids is 2. The lowest BCUT2D eigenvalue weighted by Gasteiger charge is -2.04. The van der Waals surface area contributed by atoms with Crippen molar-refractivity contribution in [2.75, 3.05) is 0 Å². The van der Waals surface area contributed by atoms with Crippen LogP contribution in [0.3, 0.4) is 0 Å². The van der Waals surface area contributed by atoms with Gasteiger partial charge in [-0.05, 0) is 13.8 Å². The van der Waals surface area contributed by atoms with Gasteiger partial charge in [0.1, 0.15) is 0 Å². The Morgan fingerprint density at radius 2 is 1.86 bits per heavy atom. The minimum atomic E-state index is -0.124. The Kier molecular flexibility index (Phi) is 5.22. The summed E-state index contributed by atoms with van der Waals surface area (Å²) >= 11 is 1.56. The molecule has 4 nitrogen and oxygen atoms in total. The average molecular weight is 302 g/mol. The van der Waals surface area contributed by atoms with Crippen molar-refractivity contribution in [1.29, 1.82) is 0 Å². The molecule has 0 bridgehead atoms. The van der Waals surface area contributed by atoms with Crippen molar-refractivity contribution in [2.24, 2.45) is 0 Å². The Morgan fingerprint density at radius 1 is 1.14 bits per heavy atom. The molecule has 0 saturated heterocycles. The smallest absolute Gasteiger partial charge is 0.220 e. The Bertz CT molecular complexity index is 632. The SMILES string of the molecule is Cc1ccc(C(=O)CCC(=O)NCc2csc(C)n2)cc1. The van der Waals surface area contributed by atoms with Crippen LogP contribution < -0.4 is 5.32 Å². The van der Waals surface area contributed by atoms with E-state index in [2.05, 4.69) is 10.3 Å². The van der Waals surface area contributed by atoms with E-state index >= 15 is 0 Å². The number of ketones is 1. The van der Waals surface area contributed by atoms with Crippen LogP contribution in [-0.4, -0.2) is 16.7 Å². The number of hydrogen-bond acceptors (Lipinski definition) is 4. The van der Waals surface area contributed by atoms with E-state index < -0.39 is 0 Å². The number of Topliss-reactive ketones (excluding diaryl/α,β-unsaturated/α-hetero) is 1. The molecule has 0 unspecified atom stereocenters. The Labute approximate surface area is 128 Å². The average Bonchev–Trinajstić information content (AvgIpc) is 2.89. The van der Waals surface area contributed by atoms with Gasteiger partial charge in [-0.1, -0.05) is 29.8 Å². The predicted octanol–water partition coefficient (Wildman–Crippen LogP) is 3.04. The number of rotatable bonds is 6. The third-order valence-corrected chi connectivity index (χ3v) is 3.91. The van der Waals surface area contributed by atoms with E-state index in [9.17, 15) is 9.59 Å². The van der Waals surface area contributed by atoms with E-state index in [0.717, 1.165) is 16.3 Å². The number of aryl methyl sites for hydroxylation is 2. The van der Waals surface area contributed by atoms with Gasteiger partial charge in [0.2, 0.25) is 5.91 Å². The molecule has 110 valence electrons. The molecule has 1 aromatic heterocycles. The summed E-state index contributed by atoms with van der Waals surface area (Å²) in [7, 11) is 0. The summed E-state index contributed by atoms with van der Waals surface area (Å²) in [4.78, 5) is 27.9. The highest BCUT2D eigenvalue weighted by Gasteiger charge is 2.09. The van der Waals surface area contributed by atoms with E-state index in [1.54, 1.807) is 23.5 Å². The summed E-state index contributed by atoms with van der Waals surface area (Å²) < 4.78 is 0. The second-order valence-electron chi connectivity index (χ2n) is 4.92. The molecule has 2 rings (SSSR count). The fourth-order valence-electron chi connectivity index (χ4n) is 1.88. The van der Waals surface area contributed by atoms with Gasteiger partial charge in [-0.25, -0.2) is 4.98 Å². The molecule has 0 aliphatic heterocycles. The number of nitrogens with zero attached hydrogens (tertiary/aromatic N) is 1. The van der Waals surface area contributed by atoms with Gasteiger partial charge in [0.15, 0.2) is 5.78 Å². The molecule has 1 heterocycles. The van der Waals surface area contributed by atoms with Crippen molar-refractivity contribution in [3.63, 3.8) is 0 Å². The molecule has 5 heteroatoms. The van der Waals surface area contributed by atoms with E-state index in [1.807, 2.05) is 31.4 Å². The number of thiazole rings is 1. The zero-order valence-corrected chi connectivity index (χ0v) is 13.0. The number of aromatic nitrogens is 1. The number of nitrogens with one attached hydrogen (secondary N) is 1. The van der Waals surface area contributed by atoms with Crippen LogP contribution >= 0.6 is 11.3 Å². The molecule has 2 aromatic rings. The third-order valence-electron chi connectivity index (χ3n) is 3.09. The zero-order chi connectivity index (χ0) is 15.2. The minimum Gasteiger partial charge on any atom is -0.350 e. The summed E-state index contributed by atoms with van der Waals surface area (Å²) in [5, 5.41) is 5.69. The topological polar surface area (TPSA) is 59.1 Å². The first-order valence-electron chi connectivity index (χ1n) is 6.82. The maximum atomic E-state index is 11.9. The zero-order valence-electron chi connectivity index (χ0n) is 12.2. The van der Waals surface area contributed by atoms with Gasteiger partial charge >= 0.3 is 0 Å². The summed E-state index contributed by atoms with van der Waals surface area (Å²) in [5.74, 6) is -0.129. The molecule has 0 spiro atoms. The fourth-order valence-corrected chi connectivity index (χ4v) is 2.49. The van der Waals surface area contributed by atoms with E-state index in [4.69, 9.17) is 0 Å². The number of hydrogen-bond donors (Lipinski definition) is 1. The Morgan fingerprint density at radius 3 is 2.48 bits per heavy atom. The van der Waals surface area contributed by atoms with Crippen molar-refractivity contribution >= 4 is 23.0 Å². The molecule has 0 aliphatic carbocycles. The summed E-state index contributed by atoms with van der Waals surface area (Å²) in [6, 6.07) is 7.40. The molecular weight excluding hydrogens is 284 g/mol. The Hall–Kier alpha value is -2.01. The molecule has 0 radical (unpaired) electrons. The van der Waals surface area contributed by atoms with Crippen LogP contribution in [0, 0.1) is 13.8 Å². The second-order valence-corrected chi connectivity index (χ2v) is 5.99. The van der Waals surface area contributed by atoms with Crippen LogP contribution in [0.5, 0.6) is 0 Å². The van der Waals surface area contributed by atoms with Crippen molar-refractivity contribution in [2.45, 2.75) is 33.2 Å². The van der Waals surface area contributed by atoms with Gasteiger partial charge in [-0.2, -0.15) is 0 Å². The highest BCUT2D eigenvalue weighted by molar-refractivity contribution is 7.09. The van der Waals surface area contributed by atoms with Crippen LogP contribution in [0.2, 0.25) is 0 Å². The first-order chi connectivity index (χ1) is 10.0. The highest BCUT2D eigenvalue weighted by Crippen LogP contribution is 2.09. The van der Waals surface area contributed by atoms with Crippen LogP contribution in [0.4, 0.5) is 0 Å². The molecule has 1 N–H and O–H groups in total. The highest BCUT2D eigenvalue weighted by atomic mass is 32.1. The molecule has 1 aromatic carbocycles. The lowest BCUT2D eigenvalue weighted by Crippen LogP contribution is -2.23. The number of benzene rings is 1. The molecular formula is C16H18N2O2S. The third kappa shape index (κ3) is 4.79. The van der Waals surface area contributed by atoms with E-state index in [-0.39, 0.29) is 24.5 Å². The molecule has 1 amide bonds. The second kappa shape index (κ2) is 7.13. The summed E-state index contributed by atoms with van der Waals surface area (Å²) in [6.07, 6.45) is 0.431. The van der Waals surface area contributed by atoms with Crippen molar-refractivity contribution in [1.82, 2.24) is 10.3 Å². The molecule has 0 saturated carbocycles. The van der Waals surface area contributed by atoms with Gasteiger partial charge in [0.25, 0.3) is 0 Å². The molecule has 0 atom stereocenters. The number of carbonyl (C=O) groups is 2. The van der Waals surface area contributed by atoms with E-state index in [1.165, 1.54) is 0 Å². The quantitative estimate of drug-likeness (QED) is 0.834. The monoisotopic (exact) mass is 302 g/mol. The number of amides is 1. The lowest BCUT2D eigenvalue weighted by atomic mass is 10.1. The Balaban J connectivity index is 1.75. The lowest BCUT2D eigenvalue weighted by molar-refractivity contribution is -0.121. The van der Waals surface area contributed by atoms with Crippen molar-refractivity contribution in [3.8, 4) is 0 Å². The summed E-state index contributed by atoms with van der Waals surface area (Å²) in [5.41, 5.74) is 2.63. The first kappa shape index (κ1) is 15.4. The summed E-state index contributed by atoms with van der Waals surface area (Å²) in [6.45, 7) is 4.32. The van der Waals surface area contributed by atoms with Crippen LogP contribution in [0.25, 0.3) is 0 Å². The maximum Gasteiger partial charge on any atom is 0.220 e. The van der Waals surface area contributed by atoms with Gasteiger partial charge in [-0.3, -0.25) is 9.59 Å². The van der Waals surface area contributed by atoms with Gasteiger partial charge in [-0.15, -0.1) is 11.3 Å². The largest absolute Gasteiger partial charge is 0.350 e. The predicted molar refractivity (Wildman–Crippen MR) is 83.4 cm³/mol. The first-order valence-corrected chi connectivity index (χ1v) is 7.70. The normalized spacial score (nSPS) is 10.4. The van der Waals surface area contributed by atoms with Gasteiger partial charge in [0.05, 0.1) is 17.2 Å². The minimum absolute atomic E-state index is 0.00495.